The average molecular weight is 233 g/mol. The van der Waals surface area contributed by atoms with Crippen LogP contribution in [0.5, 0.6) is 0 Å². The summed E-state index contributed by atoms with van der Waals surface area (Å²) >= 11 is 0. The smallest absolute Gasteiger partial charge is 0.238 e. The zero-order valence-corrected chi connectivity index (χ0v) is 10.2. The molecule has 1 heterocycles. The molecule has 4 nitrogen and oxygen atoms in total. The Hall–Kier alpha value is -1.55. The van der Waals surface area contributed by atoms with Crippen LogP contribution in [0.25, 0.3) is 0 Å². The van der Waals surface area contributed by atoms with Crippen LogP contribution in [-0.2, 0) is 9.84 Å². The SMILES string of the molecule is CCC(C)c1ccc(N2COC(C[O])=N2)cc1. The van der Waals surface area contributed by atoms with E-state index in [2.05, 4.69) is 31.1 Å². The van der Waals surface area contributed by atoms with Gasteiger partial charge in [-0.3, -0.25) is 0 Å². The van der Waals surface area contributed by atoms with Gasteiger partial charge in [-0.25, -0.2) is 10.1 Å². The van der Waals surface area contributed by atoms with E-state index >= 15 is 0 Å². The number of hydrazone groups is 1. The summed E-state index contributed by atoms with van der Waals surface area (Å²) in [6.45, 7) is 4.32. The molecular weight excluding hydrogens is 216 g/mol. The lowest BCUT2D eigenvalue weighted by atomic mass is 9.99. The molecule has 1 aromatic rings. The van der Waals surface area contributed by atoms with Gasteiger partial charge in [-0.2, -0.15) is 0 Å². The van der Waals surface area contributed by atoms with Crippen LogP contribution < -0.4 is 5.01 Å². The lowest BCUT2D eigenvalue weighted by Crippen LogP contribution is -2.12. The fraction of sp³-hybridized carbons (Fsp3) is 0.462. The number of ether oxygens (including phenoxy) is 1. The monoisotopic (exact) mass is 233 g/mol. The first-order valence-corrected chi connectivity index (χ1v) is 5.90. The van der Waals surface area contributed by atoms with Crippen molar-refractivity contribution in [3.63, 3.8) is 0 Å². The summed E-state index contributed by atoms with van der Waals surface area (Å²) in [4.78, 5) is 0. The molecule has 0 saturated carbocycles. The summed E-state index contributed by atoms with van der Waals surface area (Å²) in [5.74, 6) is 0.829. The molecule has 0 aliphatic carbocycles. The van der Waals surface area contributed by atoms with Gasteiger partial charge in [0, 0.05) is 0 Å². The Morgan fingerprint density at radius 1 is 1.41 bits per heavy atom. The van der Waals surface area contributed by atoms with Crippen molar-refractivity contribution in [2.45, 2.75) is 26.2 Å². The van der Waals surface area contributed by atoms with Crippen LogP contribution in [-0.4, -0.2) is 19.2 Å². The van der Waals surface area contributed by atoms with Crippen molar-refractivity contribution in [3.8, 4) is 0 Å². The van der Waals surface area contributed by atoms with Crippen LogP contribution in [0.4, 0.5) is 5.69 Å². The molecule has 1 aromatic carbocycles. The maximum absolute atomic E-state index is 10.6. The first-order valence-electron chi connectivity index (χ1n) is 5.90. The fourth-order valence-corrected chi connectivity index (χ4v) is 1.74. The number of benzene rings is 1. The molecule has 1 unspecified atom stereocenters. The quantitative estimate of drug-likeness (QED) is 0.802. The van der Waals surface area contributed by atoms with Crippen LogP contribution in [0.1, 0.15) is 31.7 Å². The summed E-state index contributed by atoms with van der Waals surface area (Å²) in [5, 5.41) is 16.4. The summed E-state index contributed by atoms with van der Waals surface area (Å²) in [6.07, 6.45) is 1.13. The normalized spacial score (nSPS) is 16.6. The Morgan fingerprint density at radius 3 is 2.65 bits per heavy atom. The van der Waals surface area contributed by atoms with Gasteiger partial charge in [0.1, 0.15) is 0 Å². The highest BCUT2D eigenvalue weighted by Crippen LogP contribution is 2.23. The third kappa shape index (κ3) is 2.58. The van der Waals surface area contributed by atoms with E-state index in [4.69, 9.17) is 4.74 Å². The molecule has 0 spiro atoms. The van der Waals surface area contributed by atoms with Gasteiger partial charge >= 0.3 is 0 Å². The largest absolute Gasteiger partial charge is 0.455 e. The summed E-state index contributed by atoms with van der Waals surface area (Å²) in [7, 11) is 0. The van der Waals surface area contributed by atoms with Crippen LogP contribution >= 0.6 is 0 Å². The zero-order chi connectivity index (χ0) is 12.3. The molecule has 0 fully saturated rings. The molecule has 1 aliphatic heterocycles. The Morgan fingerprint density at radius 2 is 2.12 bits per heavy atom. The van der Waals surface area contributed by atoms with Crippen LogP contribution in [0.15, 0.2) is 29.4 Å². The Balaban J connectivity index is 2.11. The highest BCUT2D eigenvalue weighted by Gasteiger charge is 2.16. The maximum atomic E-state index is 10.6. The van der Waals surface area contributed by atoms with E-state index in [9.17, 15) is 5.11 Å². The highest BCUT2D eigenvalue weighted by molar-refractivity contribution is 5.80. The van der Waals surface area contributed by atoms with Crippen molar-refractivity contribution >= 4 is 11.6 Å². The third-order valence-corrected chi connectivity index (χ3v) is 3.08. The van der Waals surface area contributed by atoms with E-state index in [-0.39, 0.29) is 5.90 Å². The molecule has 4 heteroatoms. The number of nitrogens with zero attached hydrogens (tertiary/aromatic N) is 2. The van der Waals surface area contributed by atoms with E-state index in [0.717, 1.165) is 12.1 Å². The fourth-order valence-electron chi connectivity index (χ4n) is 1.74. The van der Waals surface area contributed by atoms with Gasteiger partial charge < -0.3 is 4.74 Å². The van der Waals surface area contributed by atoms with E-state index < -0.39 is 6.61 Å². The van der Waals surface area contributed by atoms with Gasteiger partial charge in [0.2, 0.25) is 5.90 Å². The molecule has 2 rings (SSSR count). The number of anilines is 1. The van der Waals surface area contributed by atoms with Crippen molar-refractivity contribution in [1.29, 1.82) is 0 Å². The van der Waals surface area contributed by atoms with Crippen molar-refractivity contribution in [2.24, 2.45) is 5.10 Å². The molecule has 0 saturated heterocycles. The van der Waals surface area contributed by atoms with Gasteiger partial charge in [0.25, 0.3) is 0 Å². The first-order chi connectivity index (χ1) is 8.24. The summed E-state index contributed by atoms with van der Waals surface area (Å²) < 4.78 is 5.13. The van der Waals surface area contributed by atoms with Crippen molar-refractivity contribution in [2.75, 3.05) is 18.3 Å². The van der Waals surface area contributed by atoms with Crippen molar-refractivity contribution in [1.82, 2.24) is 0 Å². The van der Waals surface area contributed by atoms with Crippen molar-refractivity contribution in [3.05, 3.63) is 29.8 Å². The molecule has 91 valence electrons. The van der Waals surface area contributed by atoms with Crippen LogP contribution in [0.2, 0.25) is 0 Å². The standard InChI is InChI=1S/C13H17N2O2/c1-3-10(2)11-4-6-12(7-5-11)15-9-17-13(8-16)14-15/h4-7,10H,3,8-9H2,1-2H3. The molecule has 1 atom stereocenters. The zero-order valence-electron chi connectivity index (χ0n) is 10.2. The maximum Gasteiger partial charge on any atom is 0.238 e. The van der Waals surface area contributed by atoms with E-state index in [1.807, 2.05) is 12.1 Å². The molecule has 1 radical (unpaired) electrons. The highest BCUT2D eigenvalue weighted by atomic mass is 16.5. The van der Waals surface area contributed by atoms with E-state index in [1.165, 1.54) is 5.56 Å². The van der Waals surface area contributed by atoms with Gasteiger partial charge in [0.05, 0.1) is 5.69 Å². The molecule has 0 N–H and O–H groups in total. The number of rotatable bonds is 4. The second-order valence-electron chi connectivity index (χ2n) is 4.21. The van der Waals surface area contributed by atoms with Crippen LogP contribution in [0, 0.1) is 0 Å². The predicted octanol–water partition coefficient (Wildman–Crippen LogP) is 2.74. The number of hydrogen-bond donors (Lipinski definition) is 0. The topological polar surface area (TPSA) is 44.7 Å². The second-order valence-corrected chi connectivity index (χ2v) is 4.21. The first kappa shape index (κ1) is 11.9. The molecule has 17 heavy (non-hydrogen) atoms. The average Bonchev–Trinajstić information content (AvgIpc) is 2.87. The Kier molecular flexibility index (Phi) is 3.64. The summed E-state index contributed by atoms with van der Waals surface area (Å²) in [6, 6.07) is 8.24. The second kappa shape index (κ2) is 5.19. The summed E-state index contributed by atoms with van der Waals surface area (Å²) in [5.41, 5.74) is 2.28. The minimum Gasteiger partial charge on any atom is -0.455 e. The molecule has 0 amide bonds. The van der Waals surface area contributed by atoms with Crippen LogP contribution in [0.3, 0.4) is 0 Å². The third-order valence-electron chi connectivity index (χ3n) is 3.08. The van der Waals surface area contributed by atoms with E-state index in [1.54, 1.807) is 5.01 Å². The Bertz CT molecular complexity index is 400. The van der Waals surface area contributed by atoms with Gasteiger partial charge in [-0.05, 0) is 30.0 Å². The molecule has 1 aliphatic rings. The molecule has 0 aromatic heterocycles. The van der Waals surface area contributed by atoms with E-state index in [0.29, 0.717) is 12.6 Å². The minimum absolute atomic E-state index is 0.260. The van der Waals surface area contributed by atoms with Gasteiger partial charge in [-0.1, -0.05) is 26.0 Å². The van der Waals surface area contributed by atoms with Crippen molar-refractivity contribution < 1.29 is 9.84 Å². The Labute approximate surface area is 102 Å². The molecule has 0 bridgehead atoms. The predicted molar refractivity (Wildman–Crippen MR) is 66.6 cm³/mol. The van der Waals surface area contributed by atoms with Gasteiger partial charge in [0.15, 0.2) is 13.3 Å². The number of hydrogen-bond acceptors (Lipinski definition) is 3. The van der Waals surface area contributed by atoms with Gasteiger partial charge in [-0.15, -0.1) is 5.10 Å². The molecular formula is C13H17N2O2. The lowest BCUT2D eigenvalue weighted by molar-refractivity contribution is 0.211. The lowest BCUT2D eigenvalue weighted by Gasteiger charge is -2.14. The minimum atomic E-state index is -0.401.